The first-order valence-corrected chi connectivity index (χ1v) is 9.87. The van der Waals surface area contributed by atoms with Crippen LogP contribution in [0.3, 0.4) is 0 Å². The summed E-state index contributed by atoms with van der Waals surface area (Å²) in [5.74, 6) is -0.475. The van der Waals surface area contributed by atoms with Crippen LogP contribution in [0, 0.1) is 5.82 Å². The number of carbonyl (C=O) groups excluding carboxylic acids is 2. The number of hydrazone groups is 1. The zero-order chi connectivity index (χ0) is 20.4. The number of benzene rings is 1. The molecule has 152 valence electrons. The Morgan fingerprint density at radius 3 is 2.79 bits per heavy atom. The third kappa shape index (κ3) is 4.08. The number of halogens is 1. The second kappa shape index (κ2) is 8.18. The van der Waals surface area contributed by atoms with Crippen molar-refractivity contribution in [1.29, 1.82) is 0 Å². The molecule has 1 aromatic heterocycles. The summed E-state index contributed by atoms with van der Waals surface area (Å²) >= 11 is 1.43. The maximum Gasteiger partial charge on any atom is 0.414 e. The molecule has 1 N–H and O–H groups in total. The molecule has 2 aromatic rings. The van der Waals surface area contributed by atoms with Gasteiger partial charge in [-0.05, 0) is 30.3 Å². The molecule has 1 saturated heterocycles. The minimum absolute atomic E-state index is 0.183. The molecule has 1 amide bonds. The van der Waals surface area contributed by atoms with Crippen LogP contribution in [0.2, 0.25) is 0 Å². The zero-order valence-corrected chi connectivity index (χ0v) is 16.2. The number of amides is 1. The number of cyclic esters (lactones) is 1. The van der Waals surface area contributed by atoms with Crippen molar-refractivity contribution in [1.82, 2.24) is 5.01 Å². The molecule has 0 bridgehead atoms. The van der Waals surface area contributed by atoms with Gasteiger partial charge in [0, 0.05) is 11.4 Å². The summed E-state index contributed by atoms with van der Waals surface area (Å²) in [6, 6.07) is 8.21. The van der Waals surface area contributed by atoms with E-state index < -0.39 is 18.0 Å². The van der Waals surface area contributed by atoms with Crippen LogP contribution in [0.4, 0.5) is 20.6 Å². The molecule has 8 nitrogen and oxygen atoms in total. The summed E-state index contributed by atoms with van der Waals surface area (Å²) < 4.78 is 19.7. The molecule has 0 saturated carbocycles. The predicted molar refractivity (Wildman–Crippen MR) is 107 cm³/mol. The van der Waals surface area contributed by atoms with Gasteiger partial charge in [-0.15, -0.1) is 11.3 Å². The summed E-state index contributed by atoms with van der Waals surface area (Å²) in [6.45, 7) is 1.65. The fraction of sp³-hybridized carbons (Fsp3) is 0.316. The van der Waals surface area contributed by atoms with Gasteiger partial charge >= 0.3 is 6.09 Å². The van der Waals surface area contributed by atoms with Gasteiger partial charge in [0.1, 0.15) is 18.3 Å². The Morgan fingerprint density at radius 2 is 2.17 bits per heavy atom. The van der Waals surface area contributed by atoms with Gasteiger partial charge in [-0.25, -0.2) is 9.18 Å². The van der Waals surface area contributed by atoms with Gasteiger partial charge in [-0.2, -0.15) is 5.10 Å². The molecule has 2 aliphatic heterocycles. The maximum absolute atomic E-state index is 14.7. The van der Waals surface area contributed by atoms with E-state index in [2.05, 4.69) is 5.10 Å². The molecule has 0 radical (unpaired) electrons. The van der Waals surface area contributed by atoms with E-state index in [-0.39, 0.29) is 13.2 Å². The number of hydrogen-bond acceptors (Lipinski definition) is 8. The molecule has 29 heavy (non-hydrogen) atoms. The number of rotatable bonds is 6. The van der Waals surface area contributed by atoms with Crippen LogP contribution in [-0.4, -0.2) is 61.2 Å². The number of aldehydes is 1. The van der Waals surface area contributed by atoms with Crippen molar-refractivity contribution >= 4 is 41.4 Å². The van der Waals surface area contributed by atoms with Crippen LogP contribution >= 0.6 is 11.3 Å². The molecular formula is C19H19FN4O4S. The molecule has 2 aliphatic rings. The van der Waals surface area contributed by atoms with Crippen LogP contribution < -0.4 is 9.80 Å². The van der Waals surface area contributed by atoms with Gasteiger partial charge in [-0.3, -0.25) is 14.7 Å². The van der Waals surface area contributed by atoms with Gasteiger partial charge in [0.2, 0.25) is 0 Å². The fourth-order valence-electron chi connectivity index (χ4n) is 3.22. The maximum atomic E-state index is 14.7. The van der Waals surface area contributed by atoms with Crippen LogP contribution in [-0.2, 0) is 11.3 Å². The molecule has 1 aromatic carbocycles. The van der Waals surface area contributed by atoms with E-state index in [1.807, 2.05) is 11.1 Å². The highest BCUT2D eigenvalue weighted by atomic mass is 32.1. The lowest BCUT2D eigenvalue weighted by Gasteiger charge is -2.30. The highest BCUT2D eigenvalue weighted by molar-refractivity contribution is 7.13. The lowest BCUT2D eigenvalue weighted by Crippen LogP contribution is -2.37. The Bertz CT molecular complexity index is 950. The van der Waals surface area contributed by atoms with Gasteiger partial charge in [-0.1, -0.05) is 0 Å². The molecule has 0 spiro atoms. The standard InChI is InChI=1S/C19H19FN4O4S/c20-17-7-13(24-8-14(10-25)28-19(24)27)1-4-18(17)22-5-6-23(21-12-22)9-15-2-3-16(11-26)29-15/h1-4,7,11-12,14,25H,5-6,8-10H2/t14-/m1/s1. The number of nitrogens with zero attached hydrogens (tertiary/aromatic N) is 4. The van der Waals surface area contributed by atoms with Gasteiger partial charge in [0.05, 0.1) is 42.5 Å². The number of aliphatic hydroxyl groups excluding tert-OH is 1. The minimum atomic E-state index is -0.601. The summed E-state index contributed by atoms with van der Waals surface area (Å²) in [5, 5.41) is 15.4. The number of anilines is 2. The minimum Gasteiger partial charge on any atom is -0.441 e. The Labute approximate surface area is 170 Å². The summed E-state index contributed by atoms with van der Waals surface area (Å²) in [7, 11) is 0. The van der Waals surface area contributed by atoms with E-state index in [4.69, 9.17) is 9.84 Å². The van der Waals surface area contributed by atoms with Crippen molar-refractivity contribution in [3.8, 4) is 0 Å². The number of hydrogen-bond donors (Lipinski definition) is 1. The van der Waals surface area contributed by atoms with Crippen LogP contribution in [0.1, 0.15) is 14.5 Å². The highest BCUT2D eigenvalue weighted by Crippen LogP contribution is 2.28. The quantitative estimate of drug-likeness (QED) is 0.725. The molecule has 3 heterocycles. The molecular weight excluding hydrogens is 399 g/mol. The lowest BCUT2D eigenvalue weighted by molar-refractivity contribution is 0.0963. The van der Waals surface area contributed by atoms with Crippen molar-refractivity contribution < 1.29 is 23.8 Å². The van der Waals surface area contributed by atoms with Crippen molar-refractivity contribution in [3.05, 3.63) is 45.9 Å². The van der Waals surface area contributed by atoms with Gasteiger partial charge in [0.15, 0.2) is 6.29 Å². The average molecular weight is 418 g/mol. The molecule has 10 heteroatoms. The van der Waals surface area contributed by atoms with E-state index >= 15 is 0 Å². The van der Waals surface area contributed by atoms with Crippen molar-refractivity contribution in [2.45, 2.75) is 12.6 Å². The number of ether oxygens (including phenoxy) is 1. The lowest BCUT2D eigenvalue weighted by atomic mass is 10.2. The first-order valence-electron chi connectivity index (χ1n) is 9.05. The SMILES string of the molecule is O=Cc1ccc(CN2CCN(c3ccc(N4C[C@H](CO)OC4=O)cc3F)C=N2)s1. The third-order valence-corrected chi connectivity index (χ3v) is 5.72. The second-order valence-electron chi connectivity index (χ2n) is 6.67. The summed E-state index contributed by atoms with van der Waals surface area (Å²) in [6.07, 6.45) is 1.20. The van der Waals surface area contributed by atoms with Crippen molar-refractivity contribution in [3.63, 3.8) is 0 Å². The monoisotopic (exact) mass is 418 g/mol. The largest absolute Gasteiger partial charge is 0.441 e. The zero-order valence-electron chi connectivity index (χ0n) is 15.4. The Morgan fingerprint density at radius 1 is 1.31 bits per heavy atom. The van der Waals surface area contributed by atoms with E-state index in [9.17, 15) is 14.0 Å². The van der Waals surface area contributed by atoms with Crippen molar-refractivity contribution in [2.24, 2.45) is 5.10 Å². The second-order valence-corrected chi connectivity index (χ2v) is 7.87. The average Bonchev–Trinajstić information content (AvgIpc) is 3.34. The topological polar surface area (TPSA) is 85.7 Å². The molecule has 1 fully saturated rings. The fourth-order valence-corrected chi connectivity index (χ4v) is 4.06. The number of thiophene rings is 1. The Hall–Kier alpha value is -2.98. The van der Waals surface area contributed by atoms with Crippen LogP contribution in [0.5, 0.6) is 0 Å². The number of carbonyl (C=O) groups is 2. The molecule has 0 aliphatic carbocycles. The Kier molecular flexibility index (Phi) is 5.45. The van der Waals surface area contributed by atoms with E-state index in [1.165, 1.54) is 22.3 Å². The first kappa shape index (κ1) is 19.3. The smallest absolute Gasteiger partial charge is 0.414 e. The Balaban J connectivity index is 1.43. The predicted octanol–water partition coefficient (Wildman–Crippen LogP) is 2.28. The van der Waals surface area contributed by atoms with Crippen LogP contribution in [0.15, 0.2) is 35.4 Å². The molecule has 4 rings (SSSR count). The third-order valence-electron chi connectivity index (χ3n) is 4.72. The molecule has 1 atom stereocenters. The number of aliphatic hydroxyl groups is 1. The van der Waals surface area contributed by atoms with Crippen molar-refractivity contribution in [2.75, 3.05) is 36.0 Å². The summed E-state index contributed by atoms with van der Waals surface area (Å²) in [5.41, 5.74) is 0.745. The first-order chi connectivity index (χ1) is 14.1. The van der Waals surface area contributed by atoms with E-state index in [1.54, 1.807) is 29.4 Å². The van der Waals surface area contributed by atoms with Gasteiger partial charge in [0.25, 0.3) is 0 Å². The summed E-state index contributed by atoms with van der Waals surface area (Å²) in [4.78, 5) is 27.4. The van der Waals surface area contributed by atoms with Gasteiger partial charge < -0.3 is 14.7 Å². The molecule has 0 unspecified atom stereocenters. The van der Waals surface area contributed by atoms with E-state index in [0.29, 0.717) is 35.9 Å². The highest BCUT2D eigenvalue weighted by Gasteiger charge is 2.32. The van der Waals surface area contributed by atoms with Crippen LogP contribution in [0.25, 0.3) is 0 Å². The normalized spacial score (nSPS) is 19.0. The van der Waals surface area contributed by atoms with E-state index in [0.717, 1.165) is 11.2 Å².